The summed E-state index contributed by atoms with van der Waals surface area (Å²) in [7, 11) is 0. The summed E-state index contributed by atoms with van der Waals surface area (Å²) in [6.45, 7) is 7.48. The van der Waals surface area contributed by atoms with Crippen molar-refractivity contribution in [1.82, 2.24) is 9.78 Å². The summed E-state index contributed by atoms with van der Waals surface area (Å²) < 4.78 is 7.92. The molecule has 0 aliphatic carbocycles. The monoisotopic (exact) mass is 364 g/mol. The molecule has 0 spiro atoms. The molecule has 1 heterocycles. The molecule has 0 aliphatic heterocycles. The van der Waals surface area contributed by atoms with Crippen molar-refractivity contribution in [3.8, 4) is 0 Å². The van der Waals surface area contributed by atoms with Crippen molar-refractivity contribution in [2.45, 2.75) is 27.0 Å². The fraction of sp³-hybridized carbons (Fsp3) is 0.312. The second kappa shape index (κ2) is 6.98. The summed E-state index contributed by atoms with van der Waals surface area (Å²) in [5.74, 6) is -0.163. The zero-order valence-electron chi connectivity index (χ0n) is 12.6. The lowest BCUT2D eigenvalue weighted by atomic mass is 10.1. The molecule has 0 saturated carbocycles. The Balaban J connectivity index is 2.64. The van der Waals surface area contributed by atoms with Gasteiger partial charge in [-0.15, -0.1) is 6.58 Å². The Hall–Kier alpha value is -1.79. The van der Waals surface area contributed by atoms with Crippen LogP contribution in [0, 0.1) is 0 Å². The van der Waals surface area contributed by atoms with Crippen LogP contribution >= 0.6 is 15.9 Å². The van der Waals surface area contributed by atoms with E-state index in [-0.39, 0.29) is 18.1 Å². The van der Waals surface area contributed by atoms with Gasteiger partial charge in [0.2, 0.25) is 0 Å². The Bertz CT molecular complexity index is 749. The van der Waals surface area contributed by atoms with Crippen molar-refractivity contribution in [3.05, 3.63) is 40.5 Å². The van der Waals surface area contributed by atoms with Gasteiger partial charge >= 0.3 is 0 Å². The number of aromatic nitrogens is 2. The number of carbonyl (C=O) groups is 2. The maximum Gasteiger partial charge on any atom is 0.180 e. The van der Waals surface area contributed by atoms with Crippen molar-refractivity contribution in [2.75, 3.05) is 6.61 Å². The largest absolute Gasteiger partial charge is 0.373 e. The predicted molar refractivity (Wildman–Crippen MR) is 88.0 cm³/mol. The SMILES string of the molecule is C=CCOCc1cc(Br)cc2c(C(C)=O)nn(CC(C)=O)c12. The van der Waals surface area contributed by atoms with E-state index in [9.17, 15) is 9.59 Å². The first-order chi connectivity index (χ1) is 10.4. The maximum atomic E-state index is 11.8. The third kappa shape index (κ3) is 3.51. The molecule has 116 valence electrons. The molecule has 1 aromatic heterocycles. The molecule has 0 bridgehead atoms. The number of carbonyl (C=O) groups excluding carboxylic acids is 2. The van der Waals surface area contributed by atoms with Gasteiger partial charge in [0.15, 0.2) is 11.6 Å². The lowest BCUT2D eigenvalue weighted by Gasteiger charge is -2.08. The normalized spacial score (nSPS) is 10.9. The van der Waals surface area contributed by atoms with Crippen LogP contribution in [0.15, 0.2) is 29.3 Å². The third-order valence-corrected chi connectivity index (χ3v) is 3.54. The van der Waals surface area contributed by atoms with Gasteiger partial charge in [-0.1, -0.05) is 22.0 Å². The number of rotatable bonds is 7. The summed E-state index contributed by atoms with van der Waals surface area (Å²) >= 11 is 3.44. The molecule has 2 rings (SSSR count). The van der Waals surface area contributed by atoms with Crippen molar-refractivity contribution >= 4 is 38.4 Å². The average molecular weight is 365 g/mol. The van der Waals surface area contributed by atoms with Crippen LogP contribution in [0.3, 0.4) is 0 Å². The summed E-state index contributed by atoms with van der Waals surface area (Å²) in [5.41, 5.74) is 1.99. The number of hydrogen-bond donors (Lipinski definition) is 0. The molecule has 0 fully saturated rings. The van der Waals surface area contributed by atoms with E-state index in [0.717, 1.165) is 20.9 Å². The number of benzene rings is 1. The molecule has 0 atom stereocenters. The van der Waals surface area contributed by atoms with Crippen LogP contribution in [0.2, 0.25) is 0 Å². The number of ketones is 2. The molecule has 0 amide bonds. The zero-order chi connectivity index (χ0) is 16.3. The molecule has 5 nitrogen and oxygen atoms in total. The molecule has 2 aromatic rings. The molecule has 0 saturated heterocycles. The topological polar surface area (TPSA) is 61.2 Å². The number of Topliss-reactive ketones (excluding diaryl/α,β-unsaturated/α-hetero) is 2. The molecule has 0 N–H and O–H groups in total. The van der Waals surface area contributed by atoms with Gasteiger partial charge in [0, 0.05) is 22.3 Å². The molecule has 0 aliphatic rings. The van der Waals surface area contributed by atoms with Gasteiger partial charge in [0.1, 0.15) is 5.69 Å². The van der Waals surface area contributed by atoms with E-state index in [1.807, 2.05) is 12.1 Å². The van der Waals surface area contributed by atoms with Gasteiger partial charge in [0.05, 0.1) is 25.3 Å². The van der Waals surface area contributed by atoms with Crippen LogP contribution in [-0.2, 0) is 22.7 Å². The number of halogens is 1. The standard InChI is InChI=1S/C16H17BrN2O3/c1-4-5-22-9-12-6-13(17)7-14-15(11(3)21)18-19(16(12)14)8-10(2)20/h4,6-7H,1,5,8-9H2,2-3H3. The van der Waals surface area contributed by atoms with E-state index in [4.69, 9.17) is 4.74 Å². The third-order valence-electron chi connectivity index (χ3n) is 3.09. The van der Waals surface area contributed by atoms with Crippen LogP contribution in [0.5, 0.6) is 0 Å². The van der Waals surface area contributed by atoms with Crippen LogP contribution in [0.1, 0.15) is 29.9 Å². The smallest absolute Gasteiger partial charge is 0.180 e. The second-order valence-electron chi connectivity index (χ2n) is 5.03. The van der Waals surface area contributed by atoms with E-state index in [2.05, 4.69) is 27.6 Å². The number of nitrogens with zero attached hydrogens (tertiary/aromatic N) is 2. The van der Waals surface area contributed by atoms with Crippen LogP contribution in [-0.4, -0.2) is 28.0 Å². The van der Waals surface area contributed by atoms with E-state index < -0.39 is 0 Å². The highest BCUT2D eigenvalue weighted by Crippen LogP contribution is 2.28. The lowest BCUT2D eigenvalue weighted by Crippen LogP contribution is -2.10. The first-order valence-corrected chi connectivity index (χ1v) is 7.61. The summed E-state index contributed by atoms with van der Waals surface area (Å²) in [6, 6.07) is 3.75. The molecule has 1 aromatic carbocycles. The Kier molecular flexibility index (Phi) is 5.26. The minimum Gasteiger partial charge on any atom is -0.373 e. The van der Waals surface area contributed by atoms with E-state index >= 15 is 0 Å². The Labute approximate surface area is 137 Å². The van der Waals surface area contributed by atoms with Crippen molar-refractivity contribution in [1.29, 1.82) is 0 Å². The van der Waals surface area contributed by atoms with Crippen LogP contribution in [0.4, 0.5) is 0 Å². The van der Waals surface area contributed by atoms with Crippen LogP contribution < -0.4 is 0 Å². The maximum absolute atomic E-state index is 11.8. The highest BCUT2D eigenvalue weighted by Gasteiger charge is 2.18. The Morgan fingerprint density at radius 2 is 2.14 bits per heavy atom. The van der Waals surface area contributed by atoms with E-state index in [1.165, 1.54) is 13.8 Å². The molecular formula is C16H17BrN2O3. The first kappa shape index (κ1) is 16.6. The number of ether oxygens (including phenoxy) is 1. The quantitative estimate of drug-likeness (QED) is 0.429. The minimum absolute atomic E-state index is 0.0274. The average Bonchev–Trinajstić information content (AvgIpc) is 2.77. The molecule has 0 unspecified atom stereocenters. The van der Waals surface area contributed by atoms with Crippen LogP contribution in [0.25, 0.3) is 10.9 Å². The van der Waals surface area contributed by atoms with Gasteiger partial charge in [0.25, 0.3) is 0 Å². The molecular weight excluding hydrogens is 348 g/mol. The fourth-order valence-corrected chi connectivity index (χ4v) is 2.82. The summed E-state index contributed by atoms with van der Waals surface area (Å²) in [6.07, 6.45) is 1.67. The first-order valence-electron chi connectivity index (χ1n) is 6.82. The Morgan fingerprint density at radius 3 is 2.73 bits per heavy atom. The molecule has 22 heavy (non-hydrogen) atoms. The van der Waals surface area contributed by atoms with E-state index in [1.54, 1.807) is 10.8 Å². The molecule has 6 heteroatoms. The van der Waals surface area contributed by atoms with Gasteiger partial charge in [-0.3, -0.25) is 14.3 Å². The molecule has 0 radical (unpaired) electrons. The van der Waals surface area contributed by atoms with Crippen molar-refractivity contribution < 1.29 is 14.3 Å². The Morgan fingerprint density at radius 1 is 1.41 bits per heavy atom. The highest BCUT2D eigenvalue weighted by molar-refractivity contribution is 9.10. The lowest BCUT2D eigenvalue weighted by molar-refractivity contribution is -0.117. The van der Waals surface area contributed by atoms with Gasteiger partial charge in [-0.05, 0) is 19.1 Å². The van der Waals surface area contributed by atoms with Crippen molar-refractivity contribution in [2.24, 2.45) is 0 Å². The predicted octanol–water partition coefficient (Wildman–Crippen LogP) is 3.29. The number of hydrogen-bond acceptors (Lipinski definition) is 4. The van der Waals surface area contributed by atoms with E-state index in [0.29, 0.717) is 18.9 Å². The second-order valence-corrected chi connectivity index (χ2v) is 5.95. The highest BCUT2D eigenvalue weighted by atomic mass is 79.9. The number of fused-ring (bicyclic) bond motifs is 1. The van der Waals surface area contributed by atoms with Gasteiger partial charge in [-0.2, -0.15) is 5.10 Å². The van der Waals surface area contributed by atoms with Gasteiger partial charge in [-0.25, -0.2) is 0 Å². The fourth-order valence-electron chi connectivity index (χ4n) is 2.31. The summed E-state index contributed by atoms with van der Waals surface area (Å²) in [4.78, 5) is 23.3. The van der Waals surface area contributed by atoms with Gasteiger partial charge < -0.3 is 4.74 Å². The van der Waals surface area contributed by atoms with Crippen molar-refractivity contribution in [3.63, 3.8) is 0 Å². The zero-order valence-corrected chi connectivity index (χ0v) is 14.1. The summed E-state index contributed by atoms with van der Waals surface area (Å²) in [5, 5.41) is 5.03. The minimum atomic E-state index is -0.136.